The first-order valence-corrected chi connectivity index (χ1v) is 16.6. The van der Waals surface area contributed by atoms with Crippen LogP contribution in [-0.4, -0.2) is 38.7 Å². The van der Waals surface area contributed by atoms with Gasteiger partial charge in [-0.2, -0.15) is 11.8 Å². The number of hydrogen-bond donors (Lipinski definition) is 2. The largest absolute Gasteiger partial charge is 0.467 e. The van der Waals surface area contributed by atoms with Crippen molar-refractivity contribution in [2.75, 3.05) is 16.8 Å². The van der Waals surface area contributed by atoms with Crippen LogP contribution in [0.2, 0.25) is 0 Å². The first kappa shape index (κ1) is 29.6. The van der Waals surface area contributed by atoms with Gasteiger partial charge in [-0.05, 0) is 104 Å². The number of fused-ring (bicyclic) bond motifs is 1. The summed E-state index contributed by atoms with van der Waals surface area (Å²) in [5.74, 6) is 2.72. The zero-order valence-corrected chi connectivity index (χ0v) is 27.0. The van der Waals surface area contributed by atoms with E-state index in [0.29, 0.717) is 25.0 Å². The number of thioether (sulfide) groups is 1. The molecule has 4 aromatic rings. The Labute approximate surface area is 259 Å². The molecule has 43 heavy (non-hydrogen) atoms. The molecule has 2 N–H and O–H groups in total. The number of rotatable bonds is 8. The second-order valence-corrected chi connectivity index (χ2v) is 14.5. The van der Waals surface area contributed by atoms with E-state index in [4.69, 9.17) is 4.42 Å². The number of carbonyl (C=O) groups is 2. The smallest absolute Gasteiger partial charge is 0.250 e. The fraction of sp³-hybridized carbons (Fsp3) is 0.444. The van der Waals surface area contributed by atoms with Crippen LogP contribution < -0.4 is 5.32 Å². The minimum Gasteiger partial charge on any atom is -0.467 e. The predicted octanol–water partition coefficient (Wildman–Crippen LogP) is 8.06. The zero-order valence-electron chi connectivity index (χ0n) is 26.2. The molecule has 1 aliphatic heterocycles. The van der Waals surface area contributed by atoms with E-state index in [1.54, 1.807) is 6.26 Å². The number of para-hydroxylation sites is 1. The Hall–Kier alpha value is -3.45. The number of nitrogens with one attached hydrogen (secondary N) is 2. The summed E-state index contributed by atoms with van der Waals surface area (Å²) in [5.41, 5.74) is 6.72. The molecule has 6 nitrogen and oxygen atoms in total. The van der Waals surface area contributed by atoms with Crippen LogP contribution in [0.4, 0.5) is 5.69 Å². The quantitative estimate of drug-likeness (QED) is 0.215. The highest BCUT2D eigenvalue weighted by Crippen LogP contribution is 2.67. The number of hydrogen-bond acceptors (Lipinski definition) is 4. The van der Waals surface area contributed by atoms with Gasteiger partial charge in [0.05, 0.1) is 12.8 Å². The Balaban J connectivity index is 1.34. The van der Waals surface area contributed by atoms with Crippen molar-refractivity contribution in [3.05, 3.63) is 88.5 Å². The third-order valence-electron chi connectivity index (χ3n) is 10.1. The second-order valence-electron chi connectivity index (χ2n) is 13.2. The molecule has 0 spiro atoms. The molecule has 0 bridgehead atoms. The zero-order chi connectivity index (χ0) is 30.5. The number of aryl methyl sites for hydroxylation is 4. The van der Waals surface area contributed by atoms with Crippen LogP contribution in [-0.2, 0) is 16.1 Å². The maximum Gasteiger partial charge on any atom is 0.250 e. The van der Waals surface area contributed by atoms with Crippen molar-refractivity contribution < 1.29 is 14.0 Å². The van der Waals surface area contributed by atoms with E-state index in [1.165, 1.54) is 22.2 Å². The van der Waals surface area contributed by atoms with Gasteiger partial charge < -0.3 is 19.6 Å². The summed E-state index contributed by atoms with van der Waals surface area (Å²) in [6.07, 6.45) is 3.25. The van der Waals surface area contributed by atoms with Crippen molar-refractivity contribution in [1.82, 2.24) is 9.88 Å². The Bertz CT molecular complexity index is 1640. The van der Waals surface area contributed by atoms with Crippen LogP contribution in [0.25, 0.3) is 10.9 Å². The second kappa shape index (κ2) is 11.2. The van der Waals surface area contributed by atoms with Crippen LogP contribution >= 0.6 is 11.8 Å². The van der Waals surface area contributed by atoms with E-state index in [1.807, 2.05) is 42.6 Å². The highest BCUT2D eigenvalue weighted by molar-refractivity contribution is 7.99. The lowest BCUT2D eigenvalue weighted by atomic mass is 9.87. The van der Waals surface area contributed by atoms with Gasteiger partial charge in [-0.25, -0.2) is 0 Å². The van der Waals surface area contributed by atoms with Crippen LogP contribution in [0.15, 0.2) is 59.2 Å². The van der Waals surface area contributed by atoms with Gasteiger partial charge in [0.2, 0.25) is 11.8 Å². The summed E-state index contributed by atoms with van der Waals surface area (Å²) in [6, 6.07) is 16.4. The molecule has 2 atom stereocenters. The summed E-state index contributed by atoms with van der Waals surface area (Å²) < 4.78 is 5.77. The SMILES string of the molecule is Cc1cc(C)c(NC(=O)C2(N(Cc3ccco3)C(=O)CC3C(c4c(C)[nH]c5ccccc45)C3(C)C)CCSCC2)c(C)c1. The molecule has 226 valence electrons. The number of H-pyrrole nitrogens is 1. The monoisotopic (exact) mass is 597 g/mol. The van der Waals surface area contributed by atoms with Gasteiger partial charge in [-0.1, -0.05) is 49.7 Å². The fourth-order valence-corrected chi connectivity index (χ4v) is 8.84. The summed E-state index contributed by atoms with van der Waals surface area (Å²) in [6.45, 7) is 13.1. The summed E-state index contributed by atoms with van der Waals surface area (Å²) in [7, 11) is 0. The number of amides is 2. The molecular weight excluding hydrogens is 554 g/mol. The number of anilines is 1. The first-order chi connectivity index (χ1) is 20.5. The number of furan rings is 1. The van der Waals surface area contributed by atoms with Crippen LogP contribution in [0, 0.1) is 39.0 Å². The average Bonchev–Trinajstić information content (AvgIpc) is 3.34. The van der Waals surface area contributed by atoms with E-state index in [-0.39, 0.29) is 35.6 Å². The van der Waals surface area contributed by atoms with Gasteiger partial charge >= 0.3 is 0 Å². The van der Waals surface area contributed by atoms with Gasteiger partial charge in [0.1, 0.15) is 11.3 Å². The fourth-order valence-electron chi connectivity index (χ4n) is 7.67. The third-order valence-corrected chi connectivity index (χ3v) is 11.1. The molecule has 2 aromatic carbocycles. The maximum atomic E-state index is 14.6. The molecule has 1 saturated heterocycles. The van der Waals surface area contributed by atoms with E-state index >= 15 is 0 Å². The van der Waals surface area contributed by atoms with Gasteiger partial charge in [-0.3, -0.25) is 9.59 Å². The molecule has 2 aliphatic rings. The molecular formula is C36H43N3O3S. The van der Waals surface area contributed by atoms with Gasteiger partial charge in [-0.15, -0.1) is 0 Å². The van der Waals surface area contributed by atoms with Crippen LogP contribution in [0.5, 0.6) is 0 Å². The molecule has 2 aromatic heterocycles. The Morgan fingerprint density at radius 3 is 2.40 bits per heavy atom. The molecule has 0 radical (unpaired) electrons. The molecule has 7 heteroatoms. The standard InChI is InChI=1S/C36H43N3O3S/c1-22-18-23(2)33(24(3)19-22)38-34(41)36(13-16-43-17-14-36)39(21-26-10-9-15-42-26)30(40)20-28-32(35(28,5)6)31-25(4)37-29-12-8-7-11-27(29)31/h7-12,15,18-19,28,32,37H,13-14,16-17,20-21H2,1-6H3,(H,38,41). The third kappa shape index (κ3) is 5.30. The Morgan fingerprint density at radius 1 is 1.02 bits per heavy atom. The number of aromatic amines is 1. The summed E-state index contributed by atoms with van der Waals surface area (Å²) >= 11 is 1.85. The topological polar surface area (TPSA) is 78.3 Å². The van der Waals surface area contributed by atoms with Gasteiger partial charge in [0, 0.05) is 28.7 Å². The van der Waals surface area contributed by atoms with Gasteiger partial charge in [0.15, 0.2) is 0 Å². The van der Waals surface area contributed by atoms with Crippen molar-refractivity contribution in [1.29, 1.82) is 0 Å². The van der Waals surface area contributed by atoms with E-state index in [9.17, 15) is 9.59 Å². The molecule has 1 saturated carbocycles. The van der Waals surface area contributed by atoms with Crippen molar-refractivity contribution >= 4 is 40.2 Å². The number of benzene rings is 2. The van der Waals surface area contributed by atoms with Gasteiger partial charge in [0.25, 0.3) is 0 Å². The van der Waals surface area contributed by atoms with Crippen molar-refractivity contribution in [2.24, 2.45) is 11.3 Å². The molecule has 2 amide bonds. The van der Waals surface area contributed by atoms with E-state index in [0.717, 1.165) is 33.8 Å². The van der Waals surface area contributed by atoms with Crippen molar-refractivity contribution in [3.8, 4) is 0 Å². The van der Waals surface area contributed by atoms with Crippen molar-refractivity contribution in [2.45, 2.75) is 78.8 Å². The lowest BCUT2D eigenvalue weighted by Gasteiger charge is -2.45. The van der Waals surface area contributed by atoms with Crippen molar-refractivity contribution in [3.63, 3.8) is 0 Å². The first-order valence-electron chi connectivity index (χ1n) is 15.4. The highest BCUT2D eigenvalue weighted by atomic mass is 32.2. The summed E-state index contributed by atoms with van der Waals surface area (Å²) in [4.78, 5) is 34.5. The van der Waals surface area contributed by atoms with E-state index < -0.39 is 5.54 Å². The Morgan fingerprint density at radius 2 is 1.72 bits per heavy atom. The normalized spacial score (nSPS) is 20.6. The molecule has 3 heterocycles. The molecule has 6 rings (SSSR count). The van der Waals surface area contributed by atoms with E-state index in [2.05, 4.69) is 74.4 Å². The molecule has 2 unspecified atom stereocenters. The minimum absolute atomic E-state index is 0.0221. The van der Waals surface area contributed by atoms with Crippen LogP contribution in [0.3, 0.4) is 0 Å². The lowest BCUT2D eigenvalue weighted by Crippen LogP contribution is -2.60. The molecule has 1 aliphatic carbocycles. The predicted molar refractivity (Wildman–Crippen MR) is 175 cm³/mol. The summed E-state index contributed by atoms with van der Waals surface area (Å²) in [5, 5.41) is 4.54. The average molecular weight is 598 g/mol. The number of nitrogens with zero attached hydrogens (tertiary/aromatic N) is 1. The highest BCUT2D eigenvalue weighted by Gasteiger charge is 2.60. The number of carbonyl (C=O) groups excluding carboxylic acids is 2. The molecule has 2 fully saturated rings. The Kier molecular flexibility index (Phi) is 7.74. The maximum absolute atomic E-state index is 14.6. The lowest BCUT2D eigenvalue weighted by molar-refractivity contribution is -0.148. The number of aromatic nitrogens is 1. The van der Waals surface area contributed by atoms with Crippen LogP contribution in [0.1, 0.15) is 72.7 Å². The minimum atomic E-state index is -0.954.